The lowest BCUT2D eigenvalue weighted by molar-refractivity contribution is 0.363. The van der Waals surface area contributed by atoms with Crippen molar-refractivity contribution < 1.29 is 0 Å². The molecule has 2 aromatic heterocycles. The van der Waals surface area contributed by atoms with Crippen molar-refractivity contribution in [3.8, 4) is 0 Å². The average molecular weight is 259 g/mol. The van der Waals surface area contributed by atoms with Crippen LogP contribution in [-0.2, 0) is 0 Å². The van der Waals surface area contributed by atoms with E-state index in [-0.39, 0.29) is 0 Å². The summed E-state index contributed by atoms with van der Waals surface area (Å²) in [5.41, 5.74) is 7.92. The van der Waals surface area contributed by atoms with Gasteiger partial charge in [0.1, 0.15) is 0 Å². The van der Waals surface area contributed by atoms with Gasteiger partial charge in [-0.3, -0.25) is 0 Å². The molecule has 3 heterocycles. The molecule has 2 aromatic rings. The van der Waals surface area contributed by atoms with Gasteiger partial charge in [-0.05, 0) is 37.8 Å². The first-order valence-corrected chi connectivity index (χ1v) is 6.98. The predicted molar refractivity (Wildman–Crippen MR) is 76.3 cm³/mol. The van der Waals surface area contributed by atoms with Gasteiger partial charge in [-0.15, -0.1) is 5.10 Å². The van der Waals surface area contributed by atoms with Gasteiger partial charge in [-0.2, -0.15) is 4.98 Å². The highest BCUT2D eigenvalue weighted by molar-refractivity contribution is 5.46. The van der Waals surface area contributed by atoms with Crippen LogP contribution in [0.25, 0.3) is 5.65 Å². The molecule has 0 aromatic carbocycles. The Morgan fingerprint density at radius 1 is 1.42 bits per heavy atom. The Morgan fingerprint density at radius 2 is 2.26 bits per heavy atom. The second-order valence-corrected chi connectivity index (χ2v) is 5.56. The Kier molecular flexibility index (Phi) is 3.14. The first-order chi connectivity index (χ1) is 9.19. The number of anilines is 1. The summed E-state index contributed by atoms with van der Waals surface area (Å²) < 4.78 is 1.90. The van der Waals surface area contributed by atoms with Crippen molar-refractivity contribution in [2.75, 3.05) is 18.0 Å². The van der Waals surface area contributed by atoms with Crippen LogP contribution in [0.2, 0.25) is 0 Å². The molecule has 0 bridgehead atoms. The van der Waals surface area contributed by atoms with Crippen LogP contribution in [0.1, 0.15) is 25.5 Å². The lowest BCUT2D eigenvalue weighted by Crippen LogP contribution is -2.46. The van der Waals surface area contributed by atoms with E-state index < -0.39 is 0 Å². The highest BCUT2D eigenvalue weighted by Gasteiger charge is 2.28. The Morgan fingerprint density at radius 3 is 3.00 bits per heavy atom. The molecule has 0 spiro atoms. The maximum atomic E-state index is 5.91. The van der Waals surface area contributed by atoms with Crippen LogP contribution in [-0.4, -0.2) is 33.7 Å². The first-order valence-electron chi connectivity index (χ1n) is 6.98. The van der Waals surface area contributed by atoms with E-state index in [0.717, 1.165) is 36.2 Å². The molecule has 2 N–H and O–H groups in total. The van der Waals surface area contributed by atoms with Gasteiger partial charge in [0.05, 0.1) is 0 Å². The van der Waals surface area contributed by atoms with Gasteiger partial charge in [-0.1, -0.05) is 13.0 Å². The van der Waals surface area contributed by atoms with Crippen LogP contribution >= 0.6 is 0 Å². The number of aryl methyl sites for hydroxylation is 1. The molecule has 1 aliphatic rings. The van der Waals surface area contributed by atoms with Crippen molar-refractivity contribution in [1.29, 1.82) is 0 Å². The zero-order valence-corrected chi connectivity index (χ0v) is 11.6. The minimum atomic E-state index is 0.362. The zero-order valence-electron chi connectivity index (χ0n) is 11.6. The highest BCUT2D eigenvalue weighted by atomic mass is 15.4. The van der Waals surface area contributed by atoms with Crippen molar-refractivity contribution >= 4 is 11.6 Å². The second kappa shape index (κ2) is 4.81. The zero-order chi connectivity index (χ0) is 13.4. The van der Waals surface area contributed by atoms with Crippen LogP contribution < -0.4 is 10.6 Å². The Labute approximate surface area is 113 Å². The summed E-state index contributed by atoms with van der Waals surface area (Å²) in [6, 6.07) is 6.42. The number of piperidine rings is 1. The Bertz CT molecular complexity index is 576. The number of nitrogens with zero attached hydrogens (tertiary/aromatic N) is 4. The number of hydrogen-bond acceptors (Lipinski definition) is 4. The normalized spacial score (nSPS) is 24.1. The number of nitrogens with two attached hydrogens (primary N) is 1. The smallest absolute Gasteiger partial charge is 0.245 e. The summed E-state index contributed by atoms with van der Waals surface area (Å²) in [6.45, 7) is 6.00. The lowest BCUT2D eigenvalue weighted by atomic mass is 9.93. The minimum Gasteiger partial charge on any atom is -0.335 e. The third-order valence-corrected chi connectivity index (χ3v) is 4.04. The largest absolute Gasteiger partial charge is 0.335 e. The molecule has 5 heteroatoms. The molecule has 5 nitrogen and oxygen atoms in total. The number of rotatable bonds is 2. The fourth-order valence-corrected chi connectivity index (χ4v) is 2.88. The van der Waals surface area contributed by atoms with Crippen molar-refractivity contribution in [3.05, 3.63) is 23.9 Å². The summed E-state index contributed by atoms with van der Waals surface area (Å²) in [7, 11) is 0. The maximum Gasteiger partial charge on any atom is 0.245 e. The van der Waals surface area contributed by atoms with E-state index in [1.54, 1.807) is 0 Å². The summed E-state index contributed by atoms with van der Waals surface area (Å²) in [5, 5.41) is 4.64. The number of fused-ring (bicyclic) bond motifs is 1. The van der Waals surface area contributed by atoms with Crippen molar-refractivity contribution in [2.24, 2.45) is 11.7 Å². The first kappa shape index (κ1) is 12.4. The van der Waals surface area contributed by atoms with Gasteiger partial charge in [0.15, 0.2) is 5.65 Å². The fraction of sp³-hybridized carbons (Fsp3) is 0.571. The summed E-state index contributed by atoms with van der Waals surface area (Å²) >= 11 is 0. The van der Waals surface area contributed by atoms with Crippen LogP contribution in [0, 0.1) is 12.8 Å². The molecule has 0 aliphatic carbocycles. The third kappa shape index (κ3) is 2.18. The molecule has 1 aliphatic heterocycles. The Balaban J connectivity index is 1.97. The number of hydrogen-bond donors (Lipinski definition) is 1. The highest BCUT2D eigenvalue weighted by Crippen LogP contribution is 2.25. The molecule has 0 radical (unpaired) electrons. The van der Waals surface area contributed by atoms with Gasteiger partial charge >= 0.3 is 0 Å². The van der Waals surface area contributed by atoms with E-state index in [1.807, 2.05) is 29.6 Å². The molecule has 3 rings (SSSR count). The minimum absolute atomic E-state index is 0.362. The molecule has 0 amide bonds. The fourth-order valence-electron chi connectivity index (χ4n) is 2.88. The third-order valence-electron chi connectivity index (χ3n) is 4.04. The van der Waals surface area contributed by atoms with Gasteiger partial charge in [0, 0.05) is 24.8 Å². The quantitative estimate of drug-likeness (QED) is 0.890. The van der Waals surface area contributed by atoms with Gasteiger partial charge in [0.25, 0.3) is 0 Å². The molecule has 2 atom stereocenters. The average Bonchev–Trinajstić information content (AvgIpc) is 2.83. The standard InChI is InChI=1S/C14H21N5/c1-10-6-7-18(12(8-10)9-15)14-16-13-5-3-4-11(2)19(13)17-14/h3-5,10,12H,6-9,15H2,1-2H3. The number of aromatic nitrogens is 3. The van der Waals surface area contributed by atoms with Crippen molar-refractivity contribution in [2.45, 2.75) is 32.7 Å². The molecular formula is C14H21N5. The molecule has 1 fully saturated rings. The number of pyridine rings is 1. The molecule has 1 saturated heterocycles. The molecule has 0 saturated carbocycles. The molecular weight excluding hydrogens is 238 g/mol. The van der Waals surface area contributed by atoms with E-state index in [4.69, 9.17) is 5.73 Å². The summed E-state index contributed by atoms with van der Waals surface area (Å²) in [6.07, 6.45) is 2.32. The van der Waals surface area contributed by atoms with Crippen molar-refractivity contribution in [1.82, 2.24) is 14.6 Å². The maximum absolute atomic E-state index is 5.91. The molecule has 102 valence electrons. The van der Waals surface area contributed by atoms with Gasteiger partial charge in [0.2, 0.25) is 5.95 Å². The van der Waals surface area contributed by atoms with Crippen LogP contribution in [0.4, 0.5) is 5.95 Å². The molecule has 19 heavy (non-hydrogen) atoms. The second-order valence-electron chi connectivity index (χ2n) is 5.56. The lowest BCUT2D eigenvalue weighted by Gasteiger charge is -2.37. The SMILES string of the molecule is Cc1cccc2nc(N3CCC(C)CC3CN)nn12. The van der Waals surface area contributed by atoms with Gasteiger partial charge in [-0.25, -0.2) is 4.52 Å². The van der Waals surface area contributed by atoms with E-state index in [0.29, 0.717) is 12.6 Å². The summed E-state index contributed by atoms with van der Waals surface area (Å²) in [5.74, 6) is 1.56. The van der Waals surface area contributed by atoms with Crippen molar-refractivity contribution in [3.63, 3.8) is 0 Å². The van der Waals surface area contributed by atoms with Crippen LogP contribution in [0.5, 0.6) is 0 Å². The van der Waals surface area contributed by atoms with Crippen LogP contribution in [0.3, 0.4) is 0 Å². The summed E-state index contributed by atoms with van der Waals surface area (Å²) in [4.78, 5) is 6.91. The topological polar surface area (TPSA) is 59.5 Å². The van der Waals surface area contributed by atoms with Gasteiger partial charge < -0.3 is 10.6 Å². The Hall–Kier alpha value is -1.62. The van der Waals surface area contributed by atoms with E-state index in [1.165, 1.54) is 6.42 Å². The predicted octanol–water partition coefficient (Wildman–Crippen LogP) is 1.60. The van der Waals surface area contributed by atoms with E-state index in [9.17, 15) is 0 Å². The van der Waals surface area contributed by atoms with Crippen LogP contribution in [0.15, 0.2) is 18.2 Å². The van der Waals surface area contributed by atoms with E-state index in [2.05, 4.69) is 21.9 Å². The molecule has 2 unspecified atom stereocenters. The monoisotopic (exact) mass is 259 g/mol. The van der Waals surface area contributed by atoms with E-state index >= 15 is 0 Å².